The quantitative estimate of drug-likeness (QED) is 0.596. The molecule has 27 heavy (non-hydrogen) atoms. The Morgan fingerprint density at radius 1 is 1.26 bits per heavy atom. The van der Waals surface area contributed by atoms with E-state index in [9.17, 15) is 19.5 Å². The number of fused-ring (bicyclic) bond motifs is 1. The predicted octanol–water partition coefficient (Wildman–Crippen LogP) is 2.88. The van der Waals surface area contributed by atoms with E-state index in [1.165, 1.54) is 0 Å². The molecular weight excluding hydrogens is 348 g/mol. The number of esters is 1. The lowest BCUT2D eigenvalue weighted by Gasteiger charge is -2.50. The van der Waals surface area contributed by atoms with Gasteiger partial charge >= 0.3 is 12.1 Å². The van der Waals surface area contributed by atoms with Crippen LogP contribution in [-0.4, -0.2) is 69.8 Å². The highest BCUT2D eigenvalue weighted by Gasteiger charge is 2.69. The molecule has 7 nitrogen and oxygen atoms in total. The molecule has 1 N–H and O–H groups in total. The number of carbonyl (C=O) groups excluding carboxylic acids is 2. The van der Waals surface area contributed by atoms with Gasteiger partial charge in [0.05, 0.1) is 13.2 Å². The molecule has 2 fully saturated rings. The van der Waals surface area contributed by atoms with Crippen molar-refractivity contribution in [3.05, 3.63) is 0 Å². The number of carbonyl (C=O) groups is 3. The summed E-state index contributed by atoms with van der Waals surface area (Å²) >= 11 is 0. The second-order valence-electron chi connectivity index (χ2n) is 9.29. The number of hydrogen-bond acceptors (Lipinski definition) is 4. The van der Waals surface area contributed by atoms with Crippen molar-refractivity contribution in [2.24, 2.45) is 11.8 Å². The van der Waals surface area contributed by atoms with Crippen molar-refractivity contribution in [2.75, 3.05) is 19.7 Å². The third kappa shape index (κ3) is 3.71. The fourth-order valence-corrected chi connectivity index (χ4v) is 5.13. The Hall–Kier alpha value is -1.63. The molecule has 0 aromatic rings. The molecule has 0 aliphatic carbocycles. The summed E-state index contributed by atoms with van der Waals surface area (Å²) in [5.41, 5.74) is -0.702. The van der Waals surface area contributed by atoms with Gasteiger partial charge in [-0.05, 0) is 40.0 Å². The molecule has 0 aromatic carbocycles. The average molecular weight is 384 g/mol. The van der Waals surface area contributed by atoms with Crippen LogP contribution in [0.1, 0.15) is 60.8 Å². The molecule has 4 atom stereocenters. The smallest absolute Gasteiger partial charge is 0.462 e. The first kappa shape index (κ1) is 21.7. The molecule has 0 spiro atoms. The standard InChI is InChI=1S/C20H34N2O5/c1-7-27-18(24)15-11-14-8-9-21(17(23)10-13(2)3)12-16(14)22(15,19(25)26)20(4,5)6/h13-16H,7-12H2,1-6H3/p+1/t14-,15-,16-,22?/m0/s1. The van der Waals surface area contributed by atoms with Crippen LogP contribution in [0.25, 0.3) is 0 Å². The summed E-state index contributed by atoms with van der Waals surface area (Å²) in [6, 6.07) is -1.04. The number of hydrogen-bond donors (Lipinski definition) is 1. The SMILES string of the molecule is CCOC(=O)[C@@H]1C[C@@H]2CCN(C(=O)CC(C)C)C[C@@H]2[N+]1(C(=O)O)C(C)(C)C. The van der Waals surface area contributed by atoms with Gasteiger partial charge in [-0.1, -0.05) is 13.8 Å². The zero-order valence-corrected chi connectivity index (χ0v) is 17.5. The fourth-order valence-electron chi connectivity index (χ4n) is 5.13. The van der Waals surface area contributed by atoms with E-state index in [4.69, 9.17) is 4.74 Å². The number of ether oxygens (including phenoxy) is 1. The van der Waals surface area contributed by atoms with Crippen LogP contribution in [0.4, 0.5) is 4.79 Å². The number of piperidine rings is 1. The van der Waals surface area contributed by atoms with Gasteiger partial charge in [0.2, 0.25) is 5.91 Å². The minimum absolute atomic E-state index is 0.0698. The molecule has 0 aromatic heterocycles. The molecule has 2 aliphatic heterocycles. The molecule has 0 radical (unpaired) electrons. The first-order valence-electron chi connectivity index (χ1n) is 10.0. The van der Waals surface area contributed by atoms with E-state index >= 15 is 0 Å². The van der Waals surface area contributed by atoms with Crippen LogP contribution in [0.15, 0.2) is 0 Å². The highest BCUT2D eigenvalue weighted by atomic mass is 16.5. The summed E-state index contributed by atoms with van der Waals surface area (Å²) < 4.78 is 4.90. The molecule has 2 amide bonds. The van der Waals surface area contributed by atoms with Crippen LogP contribution < -0.4 is 0 Å². The van der Waals surface area contributed by atoms with Gasteiger partial charge in [-0.2, -0.15) is 4.79 Å². The van der Waals surface area contributed by atoms with Crippen molar-refractivity contribution >= 4 is 18.0 Å². The van der Waals surface area contributed by atoms with Crippen molar-refractivity contribution in [3.63, 3.8) is 0 Å². The van der Waals surface area contributed by atoms with Crippen LogP contribution in [0, 0.1) is 11.8 Å². The van der Waals surface area contributed by atoms with E-state index in [-0.39, 0.29) is 34.9 Å². The van der Waals surface area contributed by atoms with E-state index in [1.54, 1.807) is 11.8 Å². The van der Waals surface area contributed by atoms with Gasteiger partial charge < -0.3 is 14.7 Å². The first-order valence-corrected chi connectivity index (χ1v) is 10.0. The van der Waals surface area contributed by atoms with E-state index in [0.29, 0.717) is 25.9 Å². The summed E-state index contributed by atoms with van der Waals surface area (Å²) in [7, 11) is 0. The van der Waals surface area contributed by atoms with E-state index in [0.717, 1.165) is 6.42 Å². The Morgan fingerprint density at radius 2 is 1.89 bits per heavy atom. The van der Waals surface area contributed by atoms with E-state index in [2.05, 4.69) is 0 Å². The zero-order valence-electron chi connectivity index (χ0n) is 17.5. The molecule has 2 rings (SSSR count). The normalized spacial score (nSPS) is 30.9. The Kier molecular flexibility index (Phi) is 6.24. The summed E-state index contributed by atoms with van der Waals surface area (Å²) in [5, 5.41) is 10.4. The van der Waals surface area contributed by atoms with Gasteiger partial charge in [-0.15, -0.1) is 0 Å². The topological polar surface area (TPSA) is 83.9 Å². The van der Waals surface area contributed by atoms with Crippen molar-refractivity contribution in [1.29, 1.82) is 0 Å². The summed E-state index contributed by atoms with van der Waals surface area (Å²) in [6.45, 7) is 12.6. The number of carboxylic acid groups (broad SMARTS) is 1. The highest BCUT2D eigenvalue weighted by Crippen LogP contribution is 2.48. The Labute approximate surface area is 162 Å². The van der Waals surface area contributed by atoms with Crippen LogP contribution in [0.5, 0.6) is 0 Å². The lowest BCUT2D eigenvalue weighted by atomic mass is 9.89. The number of amides is 2. The molecule has 7 heteroatoms. The van der Waals surface area contributed by atoms with Gasteiger partial charge in [0.1, 0.15) is 11.6 Å². The summed E-state index contributed by atoms with van der Waals surface area (Å²) in [6.07, 6.45) is 0.681. The average Bonchev–Trinajstić information content (AvgIpc) is 2.89. The first-order chi connectivity index (χ1) is 12.5. The predicted molar refractivity (Wildman–Crippen MR) is 101 cm³/mol. The fraction of sp³-hybridized carbons (Fsp3) is 0.850. The molecular formula is C20H35N2O5+. The molecule has 2 heterocycles. The van der Waals surface area contributed by atoms with Crippen molar-refractivity contribution in [2.45, 2.75) is 78.4 Å². The Balaban J connectivity index is 2.44. The zero-order chi connectivity index (χ0) is 20.6. The second kappa shape index (κ2) is 7.78. The number of likely N-dealkylation sites (tertiary alicyclic amines) is 2. The summed E-state index contributed by atoms with van der Waals surface area (Å²) in [4.78, 5) is 39.8. The molecule has 1 unspecified atom stereocenters. The van der Waals surface area contributed by atoms with Gasteiger partial charge in [-0.25, -0.2) is 9.28 Å². The van der Waals surface area contributed by atoms with Crippen molar-refractivity contribution < 1.29 is 28.7 Å². The maximum atomic E-state index is 12.7. The van der Waals surface area contributed by atoms with Gasteiger partial charge in [0.15, 0.2) is 6.04 Å². The highest BCUT2D eigenvalue weighted by molar-refractivity contribution is 5.78. The monoisotopic (exact) mass is 383 g/mol. The maximum Gasteiger partial charge on any atom is 0.514 e. The number of rotatable bonds is 4. The van der Waals surface area contributed by atoms with Crippen LogP contribution in [-0.2, 0) is 14.3 Å². The molecule has 154 valence electrons. The van der Waals surface area contributed by atoms with Gasteiger partial charge in [0.25, 0.3) is 0 Å². The lowest BCUT2D eigenvalue weighted by molar-refractivity contribution is -0.930. The maximum absolute atomic E-state index is 12.7. The van der Waals surface area contributed by atoms with Crippen LogP contribution in [0.3, 0.4) is 0 Å². The Bertz CT molecular complexity index is 598. The molecule has 2 aliphatic rings. The number of quaternary nitrogens is 1. The number of nitrogens with zero attached hydrogens (tertiary/aromatic N) is 2. The van der Waals surface area contributed by atoms with Gasteiger partial charge in [0, 0.05) is 25.3 Å². The molecule has 0 bridgehead atoms. The lowest BCUT2D eigenvalue weighted by Crippen LogP contribution is -2.73. The van der Waals surface area contributed by atoms with Crippen LogP contribution >= 0.6 is 0 Å². The van der Waals surface area contributed by atoms with Gasteiger partial charge in [-0.3, -0.25) is 4.79 Å². The third-order valence-electron chi connectivity index (χ3n) is 6.18. The van der Waals surface area contributed by atoms with Crippen LogP contribution in [0.2, 0.25) is 0 Å². The van der Waals surface area contributed by atoms with E-state index in [1.807, 2.05) is 34.6 Å². The largest absolute Gasteiger partial charge is 0.514 e. The molecule has 2 saturated heterocycles. The Morgan fingerprint density at radius 3 is 2.37 bits per heavy atom. The van der Waals surface area contributed by atoms with Crippen molar-refractivity contribution in [3.8, 4) is 0 Å². The summed E-state index contributed by atoms with van der Waals surface area (Å²) in [5.74, 6) is -0.0186. The minimum atomic E-state index is -1.01. The third-order valence-corrected chi connectivity index (χ3v) is 6.18. The molecule has 0 saturated carbocycles. The van der Waals surface area contributed by atoms with Crippen molar-refractivity contribution in [1.82, 2.24) is 4.90 Å². The minimum Gasteiger partial charge on any atom is -0.462 e. The van der Waals surface area contributed by atoms with E-state index < -0.39 is 23.6 Å². The second-order valence-corrected chi connectivity index (χ2v) is 9.29.